The van der Waals surface area contributed by atoms with Crippen LogP contribution in [0.4, 0.5) is 5.69 Å². The van der Waals surface area contributed by atoms with Gasteiger partial charge in [-0.1, -0.05) is 17.7 Å². The van der Waals surface area contributed by atoms with Gasteiger partial charge in [-0.05, 0) is 38.3 Å². The average Bonchev–Trinajstić information content (AvgIpc) is 2.53. The van der Waals surface area contributed by atoms with Gasteiger partial charge in [0.2, 0.25) is 5.84 Å². The van der Waals surface area contributed by atoms with Crippen LogP contribution >= 0.6 is 11.6 Å². The highest BCUT2D eigenvalue weighted by Crippen LogP contribution is 2.23. The molecule has 1 aliphatic heterocycles. The third-order valence-corrected chi connectivity index (χ3v) is 3.40. The zero-order valence-electron chi connectivity index (χ0n) is 9.65. The van der Waals surface area contributed by atoms with Crippen molar-refractivity contribution < 1.29 is 4.99 Å². The predicted molar refractivity (Wildman–Crippen MR) is 69.1 cm³/mol. The Morgan fingerprint density at radius 1 is 1.25 bits per heavy atom. The first-order chi connectivity index (χ1) is 7.77. The predicted octanol–water partition coefficient (Wildman–Crippen LogP) is 2.11. The summed E-state index contributed by atoms with van der Waals surface area (Å²) in [7, 11) is 0. The van der Waals surface area contributed by atoms with Crippen molar-refractivity contribution in [3.63, 3.8) is 0 Å². The SMILES string of the molecule is Cc1c(Cl)cccc1NC1=[NH+]CCCCC1. The molecule has 2 rings (SSSR count). The smallest absolute Gasteiger partial charge is 0.247 e. The van der Waals surface area contributed by atoms with E-state index in [9.17, 15) is 0 Å². The number of hydrogen-bond donors (Lipinski definition) is 2. The van der Waals surface area contributed by atoms with Crippen molar-refractivity contribution in [2.24, 2.45) is 0 Å². The zero-order chi connectivity index (χ0) is 11.4. The highest BCUT2D eigenvalue weighted by molar-refractivity contribution is 6.31. The molecule has 2 nitrogen and oxygen atoms in total. The molecule has 0 aliphatic carbocycles. The molecule has 16 heavy (non-hydrogen) atoms. The lowest BCUT2D eigenvalue weighted by atomic mass is 10.1. The molecule has 0 atom stereocenters. The quantitative estimate of drug-likeness (QED) is 0.769. The van der Waals surface area contributed by atoms with Crippen molar-refractivity contribution in [1.82, 2.24) is 0 Å². The van der Waals surface area contributed by atoms with Crippen LogP contribution in [0.5, 0.6) is 0 Å². The van der Waals surface area contributed by atoms with Crippen molar-refractivity contribution in [2.45, 2.75) is 32.6 Å². The summed E-state index contributed by atoms with van der Waals surface area (Å²) >= 11 is 6.09. The van der Waals surface area contributed by atoms with E-state index in [1.807, 2.05) is 19.1 Å². The van der Waals surface area contributed by atoms with Crippen LogP contribution in [0.15, 0.2) is 18.2 Å². The van der Waals surface area contributed by atoms with E-state index in [0.717, 1.165) is 29.2 Å². The lowest BCUT2D eigenvalue weighted by molar-refractivity contribution is -0.457. The van der Waals surface area contributed by atoms with Crippen molar-refractivity contribution in [1.29, 1.82) is 0 Å². The van der Waals surface area contributed by atoms with Crippen LogP contribution in [0.25, 0.3) is 0 Å². The van der Waals surface area contributed by atoms with Crippen LogP contribution in [0.1, 0.15) is 31.2 Å². The minimum absolute atomic E-state index is 0.819. The average molecular weight is 238 g/mol. The van der Waals surface area contributed by atoms with E-state index in [2.05, 4.69) is 16.4 Å². The number of hydrogen-bond acceptors (Lipinski definition) is 1. The third kappa shape index (κ3) is 2.76. The molecule has 0 amide bonds. The molecule has 0 aromatic heterocycles. The summed E-state index contributed by atoms with van der Waals surface area (Å²) < 4.78 is 0. The summed E-state index contributed by atoms with van der Waals surface area (Å²) in [5, 5.41) is 4.27. The lowest BCUT2D eigenvalue weighted by Crippen LogP contribution is -2.74. The molecule has 0 unspecified atom stereocenters. The summed E-state index contributed by atoms with van der Waals surface area (Å²) in [6.07, 6.45) is 4.94. The second-order valence-electron chi connectivity index (χ2n) is 4.25. The number of rotatable bonds is 1. The minimum Gasteiger partial charge on any atom is -0.278 e. The fourth-order valence-corrected chi connectivity index (χ4v) is 2.12. The fourth-order valence-electron chi connectivity index (χ4n) is 1.94. The molecule has 1 heterocycles. The molecule has 0 bridgehead atoms. The van der Waals surface area contributed by atoms with E-state index < -0.39 is 0 Å². The van der Waals surface area contributed by atoms with Crippen LogP contribution in [0.2, 0.25) is 5.02 Å². The lowest BCUT2D eigenvalue weighted by Gasteiger charge is -2.05. The second kappa shape index (κ2) is 5.35. The van der Waals surface area contributed by atoms with E-state index >= 15 is 0 Å². The normalized spacial score (nSPS) is 16.5. The molecule has 86 valence electrons. The van der Waals surface area contributed by atoms with Crippen LogP contribution in [-0.4, -0.2) is 12.4 Å². The summed E-state index contributed by atoms with van der Waals surface area (Å²) in [5.41, 5.74) is 2.22. The molecule has 3 heteroatoms. The van der Waals surface area contributed by atoms with Crippen LogP contribution < -0.4 is 10.3 Å². The first kappa shape index (κ1) is 11.5. The number of nitrogens with one attached hydrogen (secondary N) is 2. The Labute approximate surface area is 102 Å². The number of benzene rings is 1. The molecule has 0 radical (unpaired) electrons. The molecule has 0 fully saturated rings. The monoisotopic (exact) mass is 237 g/mol. The zero-order valence-corrected chi connectivity index (χ0v) is 10.4. The summed E-state index contributed by atoms with van der Waals surface area (Å²) in [6.45, 7) is 3.11. The summed E-state index contributed by atoms with van der Waals surface area (Å²) in [5.74, 6) is 1.22. The Balaban J connectivity index is 2.13. The summed E-state index contributed by atoms with van der Waals surface area (Å²) in [6, 6.07) is 5.98. The fraction of sp³-hybridized carbons (Fsp3) is 0.462. The van der Waals surface area contributed by atoms with Gasteiger partial charge in [0.05, 0.1) is 6.54 Å². The maximum Gasteiger partial charge on any atom is 0.247 e. The molecule has 1 aromatic carbocycles. The summed E-state index contributed by atoms with van der Waals surface area (Å²) in [4.78, 5) is 3.44. The van der Waals surface area contributed by atoms with Gasteiger partial charge in [0.15, 0.2) is 0 Å². The van der Waals surface area contributed by atoms with Gasteiger partial charge >= 0.3 is 0 Å². The molecule has 1 aromatic rings. The molecule has 0 spiro atoms. The third-order valence-electron chi connectivity index (χ3n) is 3.00. The Morgan fingerprint density at radius 2 is 2.12 bits per heavy atom. The Kier molecular flexibility index (Phi) is 3.83. The van der Waals surface area contributed by atoms with Crippen LogP contribution in [0, 0.1) is 6.92 Å². The van der Waals surface area contributed by atoms with Gasteiger partial charge in [-0.25, -0.2) is 5.32 Å². The minimum atomic E-state index is 0.819. The molecule has 1 aliphatic rings. The highest BCUT2D eigenvalue weighted by atomic mass is 35.5. The molecular formula is C13H18ClN2+. The van der Waals surface area contributed by atoms with Crippen LogP contribution in [0.3, 0.4) is 0 Å². The van der Waals surface area contributed by atoms with Crippen molar-refractivity contribution in [2.75, 3.05) is 11.9 Å². The first-order valence-corrected chi connectivity index (χ1v) is 6.27. The maximum atomic E-state index is 6.09. The van der Waals surface area contributed by atoms with Gasteiger partial charge in [-0.2, -0.15) is 0 Å². The maximum absolute atomic E-state index is 6.09. The molecular weight excluding hydrogens is 220 g/mol. The van der Waals surface area contributed by atoms with Gasteiger partial charge in [-0.15, -0.1) is 0 Å². The first-order valence-electron chi connectivity index (χ1n) is 5.89. The van der Waals surface area contributed by atoms with Crippen LogP contribution in [-0.2, 0) is 0 Å². The van der Waals surface area contributed by atoms with E-state index in [1.54, 1.807) is 0 Å². The van der Waals surface area contributed by atoms with Gasteiger partial charge < -0.3 is 0 Å². The van der Waals surface area contributed by atoms with Crippen molar-refractivity contribution in [3.8, 4) is 0 Å². The number of anilines is 1. The van der Waals surface area contributed by atoms with Gasteiger partial charge in [0.1, 0.15) is 5.69 Å². The Hall–Kier alpha value is -1.02. The topological polar surface area (TPSA) is 26.0 Å². The molecule has 0 saturated heterocycles. The second-order valence-corrected chi connectivity index (χ2v) is 4.66. The largest absolute Gasteiger partial charge is 0.278 e. The highest BCUT2D eigenvalue weighted by Gasteiger charge is 2.13. The van der Waals surface area contributed by atoms with E-state index in [-0.39, 0.29) is 0 Å². The number of halogens is 1. The van der Waals surface area contributed by atoms with Gasteiger partial charge in [0.25, 0.3) is 0 Å². The van der Waals surface area contributed by atoms with Gasteiger partial charge in [0, 0.05) is 17.0 Å². The number of amidine groups is 1. The van der Waals surface area contributed by atoms with E-state index in [0.29, 0.717) is 0 Å². The standard InChI is InChI=1S/C13H17ClN2/c1-10-11(14)6-5-7-12(10)16-13-8-3-2-4-9-15-13/h5-7H,2-4,8-9H2,1H3,(H,15,16)/p+1. The molecule has 2 N–H and O–H groups in total. The van der Waals surface area contributed by atoms with E-state index in [4.69, 9.17) is 11.6 Å². The van der Waals surface area contributed by atoms with E-state index in [1.165, 1.54) is 25.1 Å². The Bertz CT molecular complexity index is 399. The Morgan fingerprint density at radius 3 is 3.00 bits per heavy atom. The van der Waals surface area contributed by atoms with Gasteiger partial charge in [-0.3, -0.25) is 4.99 Å². The van der Waals surface area contributed by atoms with Crippen molar-refractivity contribution in [3.05, 3.63) is 28.8 Å². The van der Waals surface area contributed by atoms with Crippen molar-refractivity contribution >= 4 is 23.1 Å². The molecule has 0 saturated carbocycles.